The number of thiazole rings is 1. The van der Waals surface area contributed by atoms with Crippen LogP contribution in [0.4, 0.5) is 0 Å². The van der Waals surface area contributed by atoms with E-state index < -0.39 is 11.1 Å². The first-order valence-electron chi connectivity index (χ1n) is 7.32. The zero-order chi connectivity index (χ0) is 15.8. The SMILES string of the molecule is CCC1(CC)C(=O)NC(C)(C)C(=O)N1Cc1csc(C)n1. The Morgan fingerprint density at radius 2 is 1.90 bits per heavy atom. The molecule has 0 saturated carbocycles. The maximum atomic E-state index is 12.8. The van der Waals surface area contributed by atoms with Crippen LogP contribution in [0, 0.1) is 6.92 Å². The van der Waals surface area contributed by atoms with Crippen LogP contribution in [0.15, 0.2) is 5.38 Å². The fourth-order valence-electron chi connectivity index (χ4n) is 2.93. The number of carbonyl (C=O) groups excluding carboxylic acids is 2. The molecule has 6 heteroatoms. The molecule has 2 amide bonds. The van der Waals surface area contributed by atoms with Gasteiger partial charge in [0.2, 0.25) is 11.8 Å². The third-order valence-electron chi connectivity index (χ3n) is 4.30. The summed E-state index contributed by atoms with van der Waals surface area (Å²) in [5.41, 5.74) is -0.789. The van der Waals surface area contributed by atoms with Crippen LogP contribution in [0.5, 0.6) is 0 Å². The lowest BCUT2D eigenvalue weighted by Crippen LogP contribution is -2.73. The molecule has 0 aliphatic carbocycles. The van der Waals surface area contributed by atoms with Crippen molar-refractivity contribution in [3.63, 3.8) is 0 Å². The minimum Gasteiger partial charge on any atom is -0.340 e. The van der Waals surface area contributed by atoms with Crippen molar-refractivity contribution >= 4 is 23.2 Å². The van der Waals surface area contributed by atoms with E-state index in [9.17, 15) is 9.59 Å². The topological polar surface area (TPSA) is 62.3 Å². The molecule has 21 heavy (non-hydrogen) atoms. The summed E-state index contributed by atoms with van der Waals surface area (Å²) < 4.78 is 0. The molecule has 0 radical (unpaired) electrons. The molecule has 1 aliphatic heterocycles. The third-order valence-corrected chi connectivity index (χ3v) is 5.12. The van der Waals surface area contributed by atoms with Crippen molar-refractivity contribution in [3.05, 3.63) is 16.1 Å². The monoisotopic (exact) mass is 309 g/mol. The number of hydrogen-bond acceptors (Lipinski definition) is 4. The van der Waals surface area contributed by atoms with Crippen LogP contribution in [0.3, 0.4) is 0 Å². The minimum absolute atomic E-state index is 0.0450. The first-order valence-corrected chi connectivity index (χ1v) is 8.20. The number of aryl methyl sites for hydroxylation is 1. The van der Waals surface area contributed by atoms with Gasteiger partial charge in [-0.2, -0.15) is 0 Å². The predicted octanol–water partition coefficient (Wildman–Crippen LogP) is 2.25. The van der Waals surface area contributed by atoms with Crippen LogP contribution in [0.2, 0.25) is 0 Å². The largest absolute Gasteiger partial charge is 0.340 e. The second-order valence-corrected chi connectivity index (χ2v) is 7.13. The van der Waals surface area contributed by atoms with Crippen LogP contribution in [-0.4, -0.2) is 32.8 Å². The summed E-state index contributed by atoms with van der Waals surface area (Å²) in [6.45, 7) is 9.74. The average Bonchev–Trinajstić information content (AvgIpc) is 2.82. The molecule has 1 aromatic heterocycles. The van der Waals surface area contributed by atoms with Crippen molar-refractivity contribution in [1.82, 2.24) is 15.2 Å². The number of hydrogen-bond donors (Lipinski definition) is 1. The Bertz CT molecular complexity index is 561. The summed E-state index contributed by atoms with van der Waals surface area (Å²) in [5, 5.41) is 5.80. The van der Waals surface area contributed by atoms with Crippen LogP contribution in [0.1, 0.15) is 51.2 Å². The van der Waals surface area contributed by atoms with Crippen LogP contribution in [0.25, 0.3) is 0 Å². The third kappa shape index (κ3) is 2.57. The van der Waals surface area contributed by atoms with Gasteiger partial charge in [0, 0.05) is 5.38 Å². The number of piperazine rings is 1. The molecule has 0 unspecified atom stereocenters. The number of nitrogens with one attached hydrogen (secondary N) is 1. The molecule has 1 aromatic rings. The standard InChI is InChI=1S/C15H23N3O2S/c1-6-15(7-2)12(19)17-14(4,5)13(20)18(15)8-11-9-21-10(3)16-11/h9H,6-8H2,1-5H3,(H,17,19). The predicted molar refractivity (Wildman–Crippen MR) is 82.9 cm³/mol. The van der Waals surface area contributed by atoms with Crippen molar-refractivity contribution in [2.75, 3.05) is 0 Å². The van der Waals surface area contributed by atoms with Gasteiger partial charge < -0.3 is 10.2 Å². The Hall–Kier alpha value is -1.43. The molecular weight excluding hydrogens is 286 g/mol. The fraction of sp³-hybridized carbons (Fsp3) is 0.667. The highest BCUT2D eigenvalue weighted by Crippen LogP contribution is 2.33. The van der Waals surface area contributed by atoms with E-state index >= 15 is 0 Å². The summed E-state index contributed by atoms with van der Waals surface area (Å²) in [5.74, 6) is -0.111. The van der Waals surface area contributed by atoms with E-state index in [1.54, 1.807) is 30.1 Å². The van der Waals surface area contributed by atoms with Crippen LogP contribution < -0.4 is 5.32 Å². The maximum Gasteiger partial charge on any atom is 0.248 e. The molecule has 0 aromatic carbocycles. The lowest BCUT2D eigenvalue weighted by Gasteiger charge is -2.50. The normalized spacial score (nSPS) is 20.5. The van der Waals surface area contributed by atoms with Gasteiger partial charge in [0.1, 0.15) is 11.1 Å². The zero-order valence-corrected chi connectivity index (χ0v) is 14.1. The molecule has 0 atom stereocenters. The quantitative estimate of drug-likeness (QED) is 0.928. The van der Waals surface area contributed by atoms with E-state index in [2.05, 4.69) is 10.3 Å². The highest BCUT2D eigenvalue weighted by molar-refractivity contribution is 7.09. The first kappa shape index (κ1) is 15.9. The molecule has 2 heterocycles. The lowest BCUT2D eigenvalue weighted by atomic mass is 9.82. The van der Waals surface area contributed by atoms with E-state index in [0.29, 0.717) is 19.4 Å². The molecule has 116 valence electrons. The lowest BCUT2D eigenvalue weighted by molar-refractivity contribution is -0.163. The van der Waals surface area contributed by atoms with Crippen LogP contribution in [-0.2, 0) is 16.1 Å². The summed E-state index contributed by atoms with van der Waals surface area (Å²) in [4.78, 5) is 31.6. The second-order valence-electron chi connectivity index (χ2n) is 6.07. The highest BCUT2D eigenvalue weighted by atomic mass is 32.1. The Balaban J connectivity index is 2.43. The van der Waals surface area contributed by atoms with Crippen LogP contribution >= 0.6 is 11.3 Å². The molecule has 0 spiro atoms. The highest BCUT2D eigenvalue weighted by Gasteiger charge is 2.53. The summed E-state index contributed by atoms with van der Waals surface area (Å²) in [7, 11) is 0. The average molecular weight is 309 g/mol. The number of carbonyl (C=O) groups is 2. The smallest absolute Gasteiger partial charge is 0.248 e. The molecule has 1 N–H and O–H groups in total. The van der Waals surface area contributed by atoms with E-state index in [-0.39, 0.29) is 11.8 Å². The molecule has 1 saturated heterocycles. The first-order chi connectivity index (χ1) is 9.76. The van der Waals surface area contributed by atoms with E-state index in [1.165, 1.54) is 0 Å². The van der Waals surface area contributed by atoms with Gasteiger partial charge in [0.25, 0.3) is 0 Å². The Labute approximate surface area is 129 Å². The van der Waals surface area contributed by atoms with Gasteiger partial charge in [-0.05, 0) is 33.6 Å². The van der Waals surface area contributed by atoms with Crippen molar-refractivity contribution < 1.29 is 9.59 Å². The van der Waals surface area contributed by atoms with Crippen molar-refractivity contribution in [1.29, 1.82) is 0 Å². The number of amides is 2. The zero-order valence-electron chi connectivity index (χ0n) is 13.3. The molecule has 2 rings (SSSR count). The molecule has 1 aliphatic rings. The van der Waals surface area contributed by atoms with Gasteiger partial charge in [0.15, 0.2) is 0 Å². The van der Waals surface area contributed by atoms with Gasteiger partial charge in [-0.25, -0.2) is 4.98 Å². The van der Waals surface area contributed by atoms with Crippen molar-refractivity contribution in [2.45, 2.75) is 65.1 Å². The number of rotatable bonds is 4. The molecule has 5 nitrogen and oxygen atoms in total. The maximum absolute atomic E-state index is 12.8. The Morgan fingerprint density at radius 3 is 2.38 bits per heavy atom. The number of aromatic nitrogens is 1. The van der Waals surface area contributed by atoms with Gasteiger partial charge >= 0.3 is 0 Å². The summed E-state index contributed by atoms with van der Waals surface area (Å²) in [6.07, 6.45) is 1.19. The van der Waals surface area contributed by atoms with Gasteiger partial charge in [-0.3, -0.25) is 9.59 Å². The Kier molecular flexibility index (Phi) is 4.10. The summed E-state index contributed by atoms with van der Waals surface area (Å²) >= 11 is 1.56. The molecule has 1 fully saturated rings. The van der Waals surface area contributed by atoms with Gasteiger partial charge in [0.05, 0.1) is 17.2 Å². The Morgan fingerprint density at radius 1 is 1.29 bits per heavy atom. The minimum atomic E-state index is -0.865. The van der Waals surface area contributed by atoms with Gasteiger partial charge in [-0.15, -0.1) is 11.3 Å². The second kappa shape index (κ2) is 5.40. The fourth-order valence-corrected chi connectivity index (χ4v) is 3.53. The molecule has 0 bridgehead atoms. The van der Waals surface area contributed by atoms with E-state index in [1.807, 2.05) is 26.2 Å². The summed E-state index contributed by atoms with van der Waals surface area (Å²) in [6, 6.07) is 0. The van der Waals surface area contributed by atoms with Crippen molar-refractivity contribution in [3.8, 4) is 0 Å². The molecular formula is C15H23N3O2S. The van der Waals surface area contributed by atoms with E-state index in [4.69, 9.17) is 0 Å². The number of nitrogens with zero attached hydrogens (tertiary/aromatic N) is 2. The van der Waals surface area contributed by atoms with E-state index in [0.717, 1.165) is 10.7 Å². The van der Waals surface area contributed by atoms with Gasteiger partial charge in [-0.1, -0.05) is 13.8 Å². The van der Waals surface area contributed by atoms with Crippen molar-refractivity contribution in [2.24, 2.45) is 0 Å².